The van der Waals surface area contributed by atoms with Crippen molar-refractivity contribution < 1.29 is 18.7 Å². The molecule has 0 aromatic heterocycles. The Morgan fingerprint density at radius 2 is 2.00 bits per heavy atom. The highest BCUT2D eigenvalue weighted by molar-refractivity contribution is 5.92. The lowest BCUT2D eigenvalue weighted by atomic mass is 10.2. The fourth-order valence-electron chi connectivity index (χ4n) is 1.77. The Hall–Kier alpha value is -1.53. The van der Waals surface area contributed by atoms with Crippen molar-refractivity contribution >= 4 is 11.6 Å². The van der Waals surface area contributed by atoms with Crippen LogP contribution in [0, 0.1) is 11.6 Å². The second-order valence-electron chi connectivity index (χ2n) is 4.70. The number of benzene rings is 1. The third kappa shape index (κ3) is 6.08. The molecule has 6 heteroatoms. The molecule has 0 aliphatic heterocycles. The zero-order chi connectivity index (χ0) is 15.0. The number of carbonyl (C=O) groups excluding carboxylic acids is 1. The Balaban J connectivity index is 2.33. The Morgan fingerprint density at radius 3 is 2.65 bits per heavy atom. The molecular formula is C14H20F2N2O2. The van der Waals surface area contributed by atoms with Crippen LogP contribution in [0.2, 0.25) is 0 Å². The Labute approximate surface area is 117 Å². The van der Waals surface area contributed by atoms with E-state index >= 15 is 0 Å². The predicted octanol–water partition coefficient (Wildman–Crippen LogP) is 2.00. The van der Waals surface area contributed by atoms with Crippen molar-refractivity contribution in [3.8, 4) is 0 Å². The summed E-state index contributed by atoms with van der Waals surface area (Å²) >= 11 is 0. The summed E-state index contributed by atoms with van der Waals surface area (Å²) in [6.45, 7) is 1.10. The lowest BCUT2D eigenvalue weighted by molar-refractivity contribution is -0.117. The molecule has 1 amide bonds. The number of halogens is 2. The second kappa shape index (κ2) is 8.60. The van der Waals surface area contributed by atoms with Crippen LogP contribution in [0.1, 0.15) is 19.3 Å². The van der Waals surface area contributed by atoms with Crippen molar-refractivity contribution in [2.45, 2.75) is 19.3 Å². The number of aliphatic hydroxyl groups is 1. The van der Waals surface area contributed by atoms with E-state index in [1.807, 2.05) is 11.9 Å². The quantitative estimate of drug-likeness (QED) is 0.719. The first-order chi connectivity index (χ1) is 9.52. The first-order valence-electron chi connectivity index (χ1n) is 6.57. The molecule has 0 spiro atoms. The van der Waals surface area contributed by atoms with Gasteiger partial charge in [-0.15, -0.1) is 0 Å². The predicted molar refractivity (Wildman–Crippen MR) is 73.4 cm³/mol. The molecular weight excluding hydrogens is 266 g/mol. The van der Waals surface area contributed by atoms with Crippen molar-refractivity contribution in [1.29, 1.82) is 0 Å². The van der Waals surface area contributed by atoms with Crippen LogP contribution in [0.4, 0.5) is 14.5 Å². The van der Waals surface area contributed by atoms with Gasteiger partial charge in [-0.05, 0) is 45.0 Å². The van der Waals surface area contributed by atoms with Gasteiger partial charge in [0.1, 0.15) is 0 Å². The van der Waals surface area contributed by atoms with Gasteiger partial charge < -0.3 is 10.4 Å². The molecule has 1 aromatic carbocycles. The van der Waals surface area contributed by atoms with Gasteiger partial charge in [-0.1, -0.05) is 0 Å². The first-order valence-corrected chi connectivity index (χ1v) is 6.57. The highest BCUT2D eigenvalue weighted by Gasteiger charge is 2.08. The van der Waals surface area contributed by atoms with Crippen molar-refractivity contribution in [2.24, 2.45) is 0 Å². The molecule has 0 radical (unpaired) electrons. The minimum absolute atomic E-state index is 0.179. The van der Waals surface area contributed by atoms with E-state index in [-0.39, 0.29) is 24.7 Å². The first kappa shape index (κ1) is 16.5. The summed E-state index contributed by atoms with van der Waals surface area (Å²) < 4.78 is 25.7. The SMILES string of the molecule is CN(CCCCCO)CC(=O)Nc1ccc(F)c(F)c1. The van der Waals surface area contributed by atoms with Gasteiger partial charge in [-0.2, -0.15) is 0 Å². The number of carbonyl (C=O) groups is 1. The highest BCUT2D eigenvalue weighted by Crippen LogP contribution is 2.12. The van der Waals surface area contributed by atoms with E-state index in [4.69, 9.17) is 5.11 Å². The van der Waals surface area contributed by atoms with Gasteiger partial charge in [0.25, 0.3) is 0 Å². The molecule has 4 nitrogen and oxygen atoms in total. The van der Waals surface area contributed by atoms with Gasteiger partial charge in [0, 0.05) is 18.4 Å². The van der Waals surface area contributed by atoms with Crippen LogP contribution in [0.25, 0.3) is 0 Å². The van der Waals surface area contributed by atoms with E-state index in [1.165, 1.54) is 6.07 Å². The number of unbranched alkanes of at least 4 members (excludes halogenated alkanes) is 2. The molecule has 0 unspecified atom stereocenters. The van der Waals surface area contributed by atoms with Crippen LogP contribution in [-0.4, -0.2) is 42.7 Å². The second-order valence-corrected chi connectivity index (χ2v) is 4.70. The zero-order valence-electron chi connectivity index (χ0n) is 11.5. The molecule has 112 valence electrons. The van der Waals surface area contributed by atoms with Crippen LogP contribution in [-0.2, 0) is 4.79 Å². The number of likely N-dealkylation sites (N-methyl/N-ethyl adjacent to an activating group) is 1. The summed E-state index contributed by atoms with van der Waals surface area (Å²) in [5.41, 5.74) is 0.239. The third-order valence-electron chi connectivity index (χ3n) is 2.81. The molecule has 2 N–H and O–H groups in total. The Morgan fingerprint density at radius 1 is 1.25 bits per heavy atom. The van der Waals surface area contributed by atoms with Crippen LogP contribution < -0.4 is 5.32 Å². The van der Waals surface area contributed by atoms with Gasteiger partial charge >= 0.3 is 0 Å². The molecule has 20 heavy (non-hydrogen) atoms. The molecule has 0 saturated heterocycles. The summed E-state index contributed by atoms with van der Waals surface area (Å²) in [4.78, 5) is 13.5. The molecule has 0 bridgehead atoms. The topological polar surface area (TPSA) is 52.6 Å². The number of nitrogens with one attached hydrogen (secondary N) is 1. The van der Waals surface area contributed by atoms with Crippen LogP contribution in [0.15, 0.2) is 18.2 Å². The molecule has 0 aliphatic rings. The molecule has 0 saturated carbocycles. The van der Waals surface area contributed by atoms with Crippen molar-refractivity contribution in [3.63, 3.8) is 0 Å². The maximum Gasteiger partial charge on any atom is 0.238 e. The third-order valence-corrected chi connectivity index (χ3v) is 2.81. The standard InChI is InChI=1S/C14H20F2N2O2/c1-18(7-3-2-4-8-19)10-14(20)17-11-5-6-12(15)13(16)9-11/h5-6,9,19H,2-4,7-8,10H2,1H3,(H,17,20). The van der Waals surface area contributed by atoms with E-state index < -0.39 is 11.6 Å². The molecule has 1 aromatic rings. The summed E-state index contributed by atoms with van der Waals surface area (Å²) in [6, 6.07) is 3.25. The summed E-state index contributed by atoms with van der Waals surface area (Å²) in [7, 11) is 1.81. The maximum absolute atomic E-state index is 13.0. The molecule has 0 aliphatic carbocycles. The molecule has 0 atom stereocenters. The maximum atomic E-state index is 13.0. The number of anilines is 1. The minimum atomic E-state index is -0.986. The highest BCUT2D eigenvalue weighted by atomic mass is 19.2. The number of aliphatic hydroxyl groups excluding tert-OH is 1. The normalized spacial score (nSPS) is 10.8. The van der Waals surface area contributed by atoms with Crippen LogP contribution >= 0.6 is 0 Å². The van der Waals surface area contributed by atoms with Crippen LogP contribution in [0.5, 0.6) is 0 Å². The van der Waals surface area contributed by atoms with E-state index in [0.29, 0.717) is 0 Å². The van der Waals surface area contributed by atoms with Gasteiger partial charge in [0.15, 0.2) is 11.6 Å². The van der Waals surface area contributed by atoms with Gasteiger partial charge in [0.2, 0.25) is 5.91 Å². The number of rotatable bonds is 8. The fraction of sp³-hybridized carbons (Fsp3) is 0.500. The molecule has 0 fully saturated rings. The largest absolute Gasteiger partial charge is 0.396 e. The lowest BCUT2D eigenvalue weighted by Crippen LogP contribution is -2.31. The Bertz CT molecular complexity index is 441. The van der Waals surface area contributed by atoms with E-state index in [1.54, 1.807) is 0 Å². The number of amides is 1. The van der Waals surface area contributed by atoms with E-state index in [2.05, 4.69) is 5.32 Å². The number of nitrogens with zero attached hydrogens (tertiary/aromatic N) is 1. The average Bonchev–Trinajstić information content (AvgIpc) is 2.39. The van der Waals surface area contributed by atoms with E-state index in [9.17, 15) is 13.6 Å². The summed E-state index contributed by atoms with van der Waals surface area (Å²) in [5.74, 6) is -2.20. The molecule has 0 heterocycles. The average molecular weight is 286 g/mol. The lowest BCUT2D eigenvalue weighted by Gasteiger charge is -2.16. The zero-order valence-corrected chi connectivity index (χ0v) is 11.5. The number of hydrogen-bond donors (Lipinski definition) is 2. The summed E-state index contributed by atoms with van der Waals surface area (Å²) in [5, 5.41) is 11.2. The Kier molecular flexibility index (Phi) is 7.11. The van der Waals surface area contributed by atoms with Gasteiger partial charge in [0.05, 0.1) is 6.54 Å². The van der Waals surface area contributed by atoms with Gasteiger partial charge in [-0.25, -0.2) is 8.78 Å². The molecule has 1 rings (SSSR count). The minimum Gasteiger partial charge on any atom is -0.396 e. The van der Waals surface area contributed by atoms with E-state index in [0.717, 1.165) is 37.9 Å². The van der Waals surface area contributed by atoms with Gasteiger partial charge in [-0.3, -0.25) is 9.69 Å². The van der Waals surface area contributed by atoms with Crippen molar-refractivity contribution in [3.05, 3.63) is 29.8 Å². The van der Waals surface area contributed by atoms with Crippen LogP contribution in [0.3, 0.4) is 0 Å². The fourth-order valence-corrected chi connectivity index (χ4v) is 1.77. The monoisotopic (exact) mass is 286 g/mol. The van der Waals surface area contributed by atoms with Crippen molar-refractivity contribution in [2.75, 3.05) is 32.1 Å². The van der Waals surface area contributed by atoms with Crippen molar-refractivity contribution in [1.82, 2.24) is 4.90 Å². The smallest absolute Gasteiger partial charge is 0.238 e. The summed E-state index contributed by atoms with van der Waals surface area (Å²) in [6.07, 6.45) is 2.57. The number of hydrogen-bond acceptors (Lipinski definition) is 3.